The van der Waals surface area contributed by atoms with E-state index in [1.54, 1.807) is 24.5 Å². The average molecular weight is 192 g/mol. The molecule has 0 N–H and O–H groups in total. The predicted molar refractivity (Wildman–Crippen MR) is 52.1 cm³/mol. The Labute approximate surface area is 80.2 Å². The molecule has 0 bridgehead atoms. The third kappa shape index (κ3) is 1.40. The van der Waals surface area contributed by atoms with E-state index < -0.39 is 0 Å². The number of carbonyl (C=O) groups excluding carboxylic acids is 1. The summed E-state index contributed by atoms with van der Waals surface area (Å²) in [6, 6.07) is 5.37. The molecule has 0 amide bonds. The molecule has 64 valence electrons. The summed E-state index contributed by atoms with van der Waals surface area (Å²) in [5.41, 5.74) is 0.592. The second-order valence-corrected chi connectivity index (χ2v) is 3.15. The minimum absolute atomic E-state index is 0.592. The second-order valence-electron chi connectivity index (χ2n) is 2.71. The number of hydrogen-bond acceptors (Lipinski definition) is 2. The van der Waals surface area contributed by atoms with Crippen molar-refractivity contribution < 1.29 is 4.79 Å². The van der Waals surface area contributed by atoms with Gasteiger partial charge in [-0.25, -0.2) is 0 Å². The fourth-order valence-electron chi connectivity index (χ4n) is 1.26. The van der Waals surface area contributed by atoms with Gasteiger partial charge < -0.3 is 0 Å². The SMILES string of the molecule is O=Cc1cncc2cc(Cl)ccc12. The first-order chi connectivity index (χ1) is 6.31. The maximum absolute atomic E-state index is 10.6. The molecule has 0 aliphatic carbocycles. The Kier molecular flexibility index (Phi) is 1.99. The lowest BCUT2D eigenvalue weighted by molar-refractivity contribution is 0.112. The van der Waals surface area contributed by atoms with Gasteiger partial charge in [0.1, 0.15) is 0 Å². The van der Waals surface area contributed by atoms with Gasteiger partial charge in [-0.3, -0.25) is 9.78 Å². The number of carbonyl (C=O) groups is 1. The molecule has 0 saturated carbocycles. The second kappa shape index (κ2) is 3.15. The van der Waals surface area contributed by atoms with Gasteiger partial charge in [0.15, 0.2) is 6.29 Å². The predicted octanol–water partition coefficient (Wildman–Crippen LogP) is 2.70. The Balaban J connectivity index is 2.84. The van der Waals surface area contributed by atoms with Crippen LogP contribution in [0.3, 0.4) is 0 Å². The molecular weight excluding hydrogens is 186 g/mol. The van der Waals surface area contributed by atoms with Crippen molar-refractivity contribution in [1.29, 1.82) is 0 Å². The number of hydrogen-bond donors (Lipinski definition) is 0. The third-order valence-corrected chi connectivity index (χ3v) is 2.11. The van der Waals surface area contributed by atoms with E-state index >= 15 is 0 Å². The van der Waals surface area contributed by atoms with E-state index in [1.807, 2.05) is 6.07 Å². The smallest absolute Gasteiger partial charge is 0.152 e. The van der Waals surface area contributed by atoms with E-state index in [9.17, 15) is 4.79 Å². The molecule has 0 aliphatic rings. The molecule has 0 spiro atoms. The molecule has 0 unspecified atom stereocenters. The molecule has 0 atom stereocenters. The number of pyridine rings is 1. The van der Waals surface area contributed by atoms with Crippen molar-refractivity contribution in [2.45, 2.75) is 0 Å². The summed E-state index contributed by atoms with van der Waals surface area (Å²) in [5.74, 6) is 0. The van der Waals surface area contributed by atoms with Crippen molar-refractivity contribution in [3.05, 3.63) is 41.2 Å². The molecular formula is C10H6ClNO. The van der Waals surface area contributed by atoms with Crippen LogP contribution in [0.25, 0.3) is 10.8 Å². The van der Waals surface area contributed by atoms with Crippen LogP contribution in [0.5, 0.6) is 0 Å². The summed E-state index contributed by atoms with van der Waals surface area (Å²) < 4.78 is 0. The number of halogens is 1. The van der Waals surface area contributed by atoms with Gasteiger partial charge in [0.25, 0.3) is 0 Å². The standard InChI is InChI=1S/C10H6ClNO/c11-9-1-2-10-7(3-9)4-12-5-8(10)6-13/h1-6H. The first-order valence-electron chi connectivity index (χ1n) is 3.80. The van der Waals surface area contributed by atoms with Gasteiger partial charge in [0.2, 0.25) is 0 Å². The molecule has 0 saturated heterocycles. The molecule has 1 heterocycles. The summed E-state index contributed by atoms with van der Waals surface area (Å²) in [6.45, 7) is 0. The number of aromatic nitrogens is 1. The maximum Gasteiger partial charge on any atom is 0.152 e. The van der Waals surface area contributed by atoms with Gasteiger partial charge >= 0.3 is 0 Å². The minimum Gasteiger partial charge on any atom is -0.298 e. The zero-order chi connectivity index (χ0) is 9.26. The van der Waals surface area contributed by atoms with Crippen molar-refractivity contribution in [3.8, 4) is 0 Å². The molecule has 0 radical (unpaired) electrons. The van der Waals surface area contributed by atoms with Crippen LogP contribution in [-0.4, -0.2) is 11.3 Å². The van der Waals surface area contributed by atoms with Crippen LogP contribution in [-0.2, 0) is 0 Å². The van der Waals surface area contributed by atoms with E-state index in [2.05, 4.69) is 4.98 Å². The monoisotopic (exact) mass is 191 g/mol. The fraction of sp³-hybridized carbons (Fsp3) is 0. The van der Waals surface area contributed by atoms with E-state index in [0.29, 0.717) is 10.6 Å². The van der Waals surface area contributed by atoms with Gasteiger partial charge in [-0.1, -0.05) is 17.7 Å². The Morgan fingerprint density at radius 1 is 1.31 bits per heavy atom. The molecule has 2 rings (SSSR count). The van der Waals surface area contributed by atoms with Crippen molar-refractivity contribution >= 4 is 28.7 Å². The van der Waals surface area contributed by atoms with Crippen LogP contribution in [0.2, 0.25) is 5.02 Å². The molecule has 13 heavy (non-hydrogen) atoms. The van der Waals surface area contributed by atoms with Crippen LogP contribution in [0.15, 0.2) is 30.6 Å². The Bertz CT molecular complexity index is 467. The molecule has 3 heteroatoms. The van der Waals surface area contributed by atoms with Gasteiger partial charge in [-0.15, -0.1) is 0 Å². The summed E-state index contributed by atoms with van der Waals surface area (Å²) in [4.78, 5) is 14.6. The molecule has 2 aromatic rings. The highest BCUT2D eigenvalue weighted by molar-refractivity contribution is 6.31. The summed E-state index contributed by atoms with van der Waals surface area (Å²) in [6.07, 6.45) is 4.03. The van der Waals surface area contributed by atoms with Crippen LogP contribution in [0.1, 0.15) is 10.4 Å². The molecule has 0 fully saturated rings. The quantitative estimate of drug-likeness (QED) is 0.649. The number of fused-ring (bicyclic) bond motifs is 1. The van der Waals surface area contributed by atoms with Crippen LogP contribution < -0.4 is 0 Å². The Hall–Kier alpha value is -1.41. The Morgan fingerprint density at radius 3 is 2.92 bits per heavy atom. The number of benzene rings is 1. The fourth-order valence-corrected chi connectivity index (χ4v) is 1.45. The van der Waals surface area contributed by atoms with Crippen molar-refractivity contribution in [3.63, 3.8) is 0 Å². The number of rotatable bonds is 1. The van der Waals surface area contributed by atoms with E-state index in [0.717, 1.165) is 17.1 Å². The average Bonchev–Trinajstić information content (AvgIpc) is 2.16. The molecule has 1 aromatic carbocycles. The van der Waals surface area contributed by atoms with Crippen LogP contribution in [0, 0.1) is 0 Å². The Morgan fingerprint density at radius 2 is 2.15 bits per heavy atom. The van der Waals surface area contributed by atoms with Gasteiger partial charge in [0, 0.05) is 28.4 Å². The highest BCUT2D eigenvalue weighted by Crippen LogP contribution is 2.20. The minimum atomic E-state index is 0.592. The van der Waals surface area contributed by atoms with E-state index in [-0.39, 0.29) is 0 Å². The zero-order valence-corrected chi connectivity index (χ0v) is 7.45. The maximum atomic E-state index is 10.6. The summed E-state index contributed by atoms with van der Waals surface area (Å²) in [5, 5.41) is 2.42. The lowest BCUT2D eigenvalue weighted by atomic mass is 10.1. The number of nitrogens with zero attached hydrogens (tertiary/aromatic N) is 1. The van der Waals surface area contributed by atoms with Crippen LogP contribution >= 0.6 is 11.6 Å². The lowest BCUT2D eigenvalue weighted by Gasteiger charge is -1.99. The highest BCUT2D eigenvalue weighted by Gasteiger charge is 1.99. The molecule has 1 aromatic heterocycles. The summed E-state index contributed by atoms with van der Waals surface area (Å²) in [7, 11) is 0. The van der Waals surface area contributed by atoms with Crippen molar-refractivity contribution in [2.24, 2.45) is 0 Å². The first-order valence-corrected chi connectivity index (χ1v) is 4.17. The topological polar surface area (TPSA) is 30.0 Å². The highest BCUT2D eigenvalue weighted by atomic mass is 35.5. The molecule has 0 aliphatic heterocycles. The van der Waals surface area contributed by atoms with E-state index in [4.69, 9.17) is 11.6 Å². The van der Waals surface area contributed by atoms with Crippen molar-refractivity contribution in [1.82, 2.24) is 4.98 Å². The van der Waals surface area contributed by atoms with Gasteiger partial charge in [-0.05, 0) is 17.5 Å². The van der Waals surface area contributed by atoms with Gasteiger partial charge in [-0.2, -0.15) is 0 Å². The van der Waals surface area contributed by atoms with Crippen molar-refractivity contribution in [2.75, 3.05) is 0 Å². The largest absolute Gasteiger partial charge is 0.298 e. The summed E-state index contributed by atoms with van der Waals surface area (Å²) >= 11 is 5.80. The molecule has 2 nitrogen and oxygen atoms in total. The van der Waals surface area contributed by atoms with E-state index in [1.165, 1.54) is 0 Å². The normalized spacial score (nSPS) is 10.2. The zero-order valence-electron chi connectivity index (χ0n) is 6.70. The van der Waals surface area contributed by atoms with Gasteiger partial charge in [0.05, 0.1) is 0 Å². The third-order valence-electron chi connectivity index (χ3n) is 1.88. The lowest BCUT2D eigenvalue weighted by Crippen LogP contribution is -1.85. The van der Waals surface area contributed by atoms with Crippen LogP contribution in [0.4, 0.5) is 0 Å². The first kappa shape index (κ1) is 8.20. The number of aldehydes is 1.